The molecule has 38 heavy (non-hydrogen) atoms. The maximum atomic E-state index is 13.8. The molecule has 3 aromatic rings. The van der Waals surface area contributed by atoms with Crippen molar-refractivity contribution in [3.8, 4) is 11.5 Å². The van der Waals surface area contributed by atoms with Crippen LogP contribution in [0.5, 0.6) is 11.5 Å². The third kappa shape index (κ3) is 4.45. The van der Waals surface area contributed by atoms with Gasteiger partial charge in [0.05, 0.1) is 36.2 Å². The van der Waals surface area contributed by atoms with Gasteiger partial charge in [0.1, 0.15) is 5.92 Å². The van der Waals surface area contributed by atoms with E-state index in [1.165, 1.54) is 24.3 Å². The van der Waals surface area contributed by atoms with E-state index in [1.807, 2.05) is 62.4 Å². The first-order chi connectivity index (χ1) is 18.4. The number of carbonyl (C=O) groups is 3. The summed E-state index contributed by atoms with van der Waals surface area (Å²) in [6.07, 6.45) is -0.201. The van der Waals surface area contributed by atoms with Crippen molar-refractivity contribution in [1.82, 2.24) is 0 Å². The molecule has 2 heterocycles. The Bertz CT molecular complexity index is 1340. The van der Waals surface area contributed by atoms with Gasteiger partial charge < -0.3 is 14.6 Å². The van der Waals surface area contributed by atoms with Crippen molar-refractivity contribution in [1.29, 1.82) is 0 Å². The molecule has 0 unspecified atom stereocenters. The fraction of sp³-hybridized carbons (Fsp3) is 0.276. The van der Waals surface area contributed by atoms with Gasteiger partial charge in [0, 0.05) is 0 Å². The zero-order valence-corrected chi connectivity index (χ0v) is 21.1. The molecule has 0 aromatic heterocycles. The molecule has 9 heteroatoms. The van der Waals surface area contributed by atoms with Crippen LogP contribution in [-0.4, -0.2) is 42.2 Å². The van der Waals surface area contributed by atoms with E-state index in [0.717, 1.165) is 16.9 Å². The van der Waals surface area contributed by atoms with E-state index in [-0.39, 0.29) is 5.56 Å². The van der Waals surface area contributed by atoms with E-state index >= 15 is 0 Å². The van der Waals surface area contributed by atoms with Crippen molar-refractivity contribution >= 4 is 29.2 Å². The van der Waals surface area contributed by atoms with Crippen LogP contribution >= 0.6 is 0 Å². The molecule has 2 aliphatic heterocycles. The molecule has 5 rings (SSSR count). The smallest absolute Gasteiger partial charge is 0.335 e. The zero-order chi connectivity index (χ0) is 26.8. The molecular weight excluding hydrogens is 488 g/mol. The van der Waals surface area contributed by atoms with Gasteiger partial charge in [-0.1, -0.05) is 31.2 Å². The maximum absolute atomic E-state index is 13.8. The Morgan fingerprint density at radius 3 is 2.29 bits per heavy atom. The van der Waals surface area contributed by atoms with Gasteiger partial charge in [-0.25, -0.2) is 14.8 Å². The Balaban J connectivity index is 1.55. The second kappa shape index (κ2) is 10.5. The Kier molecular flexibility index (Phi) is 7.02. The summed E-state index contributed by atoms with van der Waals surface area (Å²) in [4.78, 5) is 45.9. The van der Waals surface area contributed by atoms with Gasteiger partial charge in [-0.05, 0) is 67.4 Å². The number of carbonyl (C=O) groups excluding carboxylic acids is 2. The van der Waals surface area contributed by atoms with E-state index < -0.39 is 35.8 Å². The van der Waals surface area contributed by atoms with Crippen molar-refractivity contribution in [3.63, 3.8) is 0 Å². The number of fused-ring (bicyclic) bond motifs is 1. The number of carboxylic acid groups (broad SMARTS) is 1. The highest BCUT2D eigenvalue weighted by Crippen LogP contribution is 2.48. The zero-order valence-electron chi connectivity index (χ0n) is 21.1. The number of para-hydroxylation sites is 1. The topological polar surface area (TPSA) is 106 Å². The molecule has 9 nitrogen and oxygen atoms in total. The summed E-state index contributed by atoms with van der Waals surface area (Å²) in [7, 11) is 0. The van der Waals surface area contributed by atoms with Crippen LogP contribution in [0.25, 0.3) is 0 Å². The third-order valence-corrected chi connectivity index (χ3v) is 6.57. The largest absolute Gasteiger partial charge is 0.490 e. The molecule has 2 aliphatic rings. The lowest BCUT2D eigenvalue weighted by atomic mass is 9.90. The summed E-state index contributed by atoms with van der Waals surface area (Å²) < 4.78 is 11.7. The second-order valence-electron chi connectivity index (χ2n) is 9.01. The number of amides is 2. The van der Waals surface area contributed by atoms with Crippen LogP contribution in [0.15, 0.2) is 72.8 Å². The van der Waals surface area contributed by atoms with Crippen LogP contribution in [0.4, 0.5) is 11.4 Å². The summed E-state index contributed by atoms with van der Waals surface area (Å²) in [6.45, 7) is 4.87. The summed E-state index contributed by atoms with van der Waals surface area (Å²) >= 11 is 0. The molecule has 0 spiro atoms. The predicted octanol–water partition coefficient (Wildman–Crippen LogP) is 4.62. The molecule has 0 aliphatic carbocycles. The molecule has 2 amide bonds. The molecule has 3 atom stereocenters. The quantitative estimate of drug-likeness (QED) is 0.411. The van der Waals surface area contributed by atoms with Crippen molar-refractivity contribution < 1.29 is 33.8 Å². The fourth-order valence-corrected chi connectivity index (χ4v) is 4.87. The van der Waals surface area contributed by atoms with Crippen LogP contribution in [0.2, 0.25) is 0 Å². The van der Waals surface area contributed by atoms with Gasteiger partial charge in [0.15, 0.2) is 17.6 Å². The molecule has 0 bridgehead atoms. The minimum absolute atomic E-state index is 0.0613. The number of benzene rings is 3. The number of hydrogen-bond donors (Lipinski definition) is 1. The molecule has 0 radical (unpaired) electrons. The first-order valence-corrected chi connectivity index (χ1v) is 12.6. The lowest BCUT2D eigenvalue weighted by Crippen LogP contribution is -2.37. The number of rotatable bonds is 9. The number of ether oxygens (including phenoxy) is 2. The number of nitrogens with zero attached hydrogens (tertiary/aromatic N) is 2. The van der Waals surface area contributed by atoms with Crippen molar-refractivity contribution in [3.05, 3.63) is 83.9 Å². The molecule has 2 saturated heterocycles. The van der Waals surface area contributed by atoms with Crippen LogP contribution in [0.3, 0.4) is 0 Å². The van der Waals surface area contributed by atoms with E-state index in [0.29, 0.717) is 36.1 Å². The second-order valence-corrected chi connectivity index (χ2v) is 9.01. The minimum Gasteiger partial charge on any atom is -0.490 e. The van der Waals surface area contributed by atoms with Gasteiger partial charge in [0.2, 0.25) is 5.91 Å². The lowest BCUT2D eigenvalue weighted by Gasteiger charge is -2.29. The van der Waals surface area contributed by atoms with Crippen LogP contribution < -0.4 is 19.4 Å². The monoisotopic (exact) mass is 516 g/mol. The average molecular weight is 517 g/mol. The Morgan fingerprint density at radius 1 is 0.895 bits per heavy atom. The first kappa shape index (κ1) is 25.3. The molecule has 2 fully saturated rings. The highest BCUT2D eigenvalue weighted by molar-refractivity contribution is 6.24. The van der Waals surface area contributed by atoms with E-state index in [9.17, 15) is 19.5 Å². The number of carboxylic acids is 1. The summed E-state index contributed by atoms with van der Waals surface area (Å²) in [5.74, 6) is -1.69. The van der Waals surface area contributed by atoms with Gasteiger partial charge in [-0.3, -0.25) is 14.4 Å². The molecule has 0 saturated carbocycles. The van der Waals surface area contributed by atoms with Gasteiger partial charge in [0.25, 0.3) is 5.91 Å². The Morgan fingerprint density at radius 2 is 1.63 bits per heavy atom. The number of imide groups is 1. The fourth-order valence-electron chi connectivity index (χ4n) is 4.87. The molecule has 196 valence electrons. The van der Waals surface area contributed by atoms with Crippen LogP contribution in [0.1, 0.15) is 42.2 Å². The summed E-state index contributed by atoms with van der Waals surface area (Å²) in [5, 5.41) is 10.8. The Hall–Kier alpha value is -4.37. The van der Waals surface area contributed by atoms with Crippen molar-refractivity contribution in [2.24, 2.45) is 5.92 Å². The SMILES string of the molecule is CCCOc1ccc([C@@H]2[C@@H]3C(=O)N(c4ccc(C(=O)O)cc4)C(=O)[C@@H]3ON2c2ccccc2)cc1OCC. The highest BCUT2D eigenvalue weighted by atomic mass is 16.7. The maximum Gasteiger partial charge on any atom is 0.335 e. The standard InChI is InChI=1S/C29H28N2O7/c1-3-16-37-22-15-12-19(17-23(22)36-4-2)25-24-26(38-31(25)21-8-6-5-7-9-21)28(33)30(27(24)32)20-13-10-18(11-14-20)29(34)35/h5-15,17,24-26H,3-4,16H2,1-2H3,(H,34,35)/t24-,25+,26+/m0/s1. The molecular formula is C29H28N2O7. The van der Waals surface area contributed by atoms with Crippen molar-refractivity contribution in [2.75, 3.05) is 23.2 Å². The number of hydrogen-bond acceptors (Lipinski definition) is 7. The summed E-state index contributed by atoms with van der Waals surface area (Å²) in [6, 6.07) is 19.8. The van der Waals surface area contributed by atoms with Crippen molar-refractivity contribution in [2.45, 2.75) is 32.4 Å². The van der Waals surface area contributed by atoms with Gasteiger partial charge in [-0.2, -0.15) is 0 Å². The summed E-state index contributed by atoms with van der Waals surface area (Å²) in [5.41, 5.74) is 1.80. The average Bonchev–Trinajstić information content (AvgIpc) is 3.44. The number of aromatic carboxylic acids is 1. The molecule has 3 aromatic carbocycles. The normalized spacial score (nSPS) is 20.5. The van der Waals surface area contributed by atoms with E-state index in [1.54, 1.807) is 5.06 Å². The lowest BCUT2D eigenvalue weighted by molar-refractivity contribution is -0.126. The molecule has 1 N–H and O–H groups in total. The predicted molar refractivity (Wildman–Crippen MR) is 139 cm³/mol. The number of anilines is 2. The van der Waals surface area contributed by atoms with Crippen LogP contribution in [0, 0.1) is 5.92 Å². The van der Waals surface area contributed by atoms with Crippen LogP contribution in [-0.2, 0) is 14.4 Å². The minimum atomic E-state index is -1.09. The third-order valence-electron chi connectivity index (χ3n) is 6.57. The van der Waals surface area contributed by atoms with E-state index in [2.05, 4.69) is 0 Å². The Labute approximate surface area is 220 Å². The first-order valence-electron chi connectivity index (χ1n) is 12.6. The highest BCUT2D eigenvalue weighted by Gasteiger charge is 2.60. The van der Waals surface area contributed by atoms with E-state index in [4.69, 9.17) is 14.3 Å². The van der Waals surface area contributed by atoms with Gasteiger partial charge in [-0.15, -0.1) is 0 Å². The number of hydroxylamine groups is 1. The van der Waals surface area contributed by atoms with Gasteiger partial charge >= 0.3 is 5.97 Å².